The molecule has 0 radical (unpaired) electrons. The first-order valence-electron chi connectivity index (χ1n) is 8.84. The largest absolute Gasteiger partial charge is 0.356 e. The quantitative estimate of drug-likeness (QED) is 0.720. The first-order valence-corrected chi connectivity index (χ1v) is 8.84. The van der Waals surface area contributed by atoms with Crippen LogP contribution < -0.4 is 10.9 Å². The highest BCUT2D eigenvalue weighted by Gasteiger charge is 2.15. The molecule has 7 nitrogen and oxygen atoms in total. The summed E-state index contributed by atoms with van der Waals surface area (Å²) >= 11 is 0. The maximum atomic E-state index is 13.1. The third kappa shape index (κ3) is 4.05. The maximum absolute atomic E-state index is 13.1. The van der Waals surface area contributed by atoms with Crippen LogP contribution in [0.5, 0.6) is 0 Å². The second-order valence-corrected chi connectivity index (χ2v) is 6.83. The Kier molecular flexibility index (Phi) is 5.34. The molecule has 2 aromatic heterocycles. The predicted molar refractivity (Wildman–Crippen MR) is 100 cm³/mol. The Bertz CT molecular complexity index is 1020. The van der Waals surface area contributed by atoms with Crippen LogP contribution in [0.1, 0.15) is 26.1 Å². The standard InChI is InChI=1S/C19H22FN5O2/c1-12(2)10-21-17(26)8-9-24-13(3)23-18-16(19(24)27)11-22-25(18)15-6-4-14(20)5-7-15/h4-7,11-12H,8-10H2,1-3H3,(H,21,26). The van der Waals surface area contributed by atoms with E-state index in [4.69, 9.17) is 0 Å². The van der Waals surface area contributed by atoms with Crippen molar-refractivity contribution in [3.63, 3.8) is 0 Å². The summed E-state index contributed by atoms with van der Waals surface area (Å²) in [6.45, 7) is 6.61. The number of nitrogens with one attached hydrogen (secondary N) is 1. The molecule has 0 fully saturated rings. The van der Waals surface area contributed by atoms with Gasteiger partial charge in [0, 0.05) is 19.5 Å². The van der Waals surface area contributed by atoms with E-state index in [9.17, 15) is 14.0 Å². The van der Waals surface area contributed by atoms with Crippen LogP contribution in [0.25, 0.3) is 16.7 Å². The number of fused-ring (bicyclic) bond motifs is 1. The van der Waals surface area contributed by atoms with Crippen molar-refractivity contribution < 1.29 is 9.18 Å². The molecule has 0 bridgehead atoms. The van der Waals surface area contributed by atoms with Crippen LogP contribution in [0.15, 0.2) is 35.3 Å². The molecule has 1 N–H and O–H groups in total. The molecule has 27 heavy (non-hydrogen) atoms. The maximum Gasteiger partial charge on any atom is 0.264 e. The number of aryl methyl sites for hydroxylation is 1. The lowest BCUT2D eigenvalue weighted by molar-refractivity contribution is -0.121. The van der Waals surface area contributed by atoms with Gasteiger partial charge in [-0.25, -0.2) is 14.1 Å². The van der Waals surface area contributed by atoms with Crippen LogP contribution in [-0.2, 0) is 11.3 Å². The summed E-state index contributed by atoms with van der Waals surface area (Å²) in [6, 6.07) is 5.80. The number of rotatable bonds is 6. The summed E-state index contributed by atoms with van der Waals surface area (Å²) in [5.74, 6) is 0.413. The lowest BCUT2D eigenvalue weighted by Gasteiger charge is -2.11. The third-order valence-electron chi connectivity index (χ3n) is 4.22. The van der Waals surface area contributed by atoms with Crippen molar-refractivity contribution in [3.05, 3.63) is 52.5 Å². The fraction of sp³-hybridized carbons (Fsp3) is 0.368. The Balaban J connectivity index is 1.88. The number of carbonyl (C=O) groups excluding carboxylic acids is 1. The topological polar surface area (TPSA) is 81.8 Å². The molecule has 3 rings (SSSR count). The van der Waals surface area contributed by atoms with E-state index >= 15 is 0 Å². The van der Waals surface area contributed by atoms with Crippen LogP contribution in [0, 0.1) is 18.7 Å². The summed E-state index contributed by atoms with van der Waals surface area (Å²) in [4.78, 5) is 29.2. The summed E-state index contributed by atoms with van der Waals surface area (Å²) in [7, 11) is 0. The molecule has 0 aliphatic rings. The number of hydrogen-bond acceptors (Lipinski definition) is 4. The lowest BCUT2D eigenvalue weighted by atomic mass is 10.2. The molecule has 142 valence electrons. The zero-order valence-corrected chi connectivity index (χ0v) is 15.6. The minimum absolute atomic E-state index is 0.0999. The van der Waals surface area contributed by atoms with Gasteiger partial charge in [0.25, 0.3) is 5.56 Å². The van der Waals surface area contributed by atoms with Gasteiger partial charge in [-0.05, 0) is 37.1 Å². The number of benzene rings is 1. The van der Waals surface area contributed by atoms with Gasteiger partial charge in [-0.2, -0.15) is 5.10 Å². The zero-order valence-electron chi connectivity index (χ0n) is 15.6. The van der Waals surface area contributed by atoms with E-state index in [0.717, 1.165) is 0 Å². The van der Waals surface area contributed by atoms with Crippen molar-refractivity contribution >= 4 is 16.9 Å². The minimum Gasteiger partial charge on any atom is -0.356 e. The van der Waals surface area contributed by atoms with Crippen molar-refractivity contribution in [2.24, 2.45) is 5.92 Å². The second-order valence-electron chi connectivity index (χ2n) is 6.83. The Hall–Kier alpha value is -3.03. The van der Waals surface area contributed by atoms with E-state index in [1.807, 2.05) is 13.8 Å². The summed E-state index contributed by atoms with van der Waals surface area (Å²) in [5.41, 5.74) is 0.774. The highest BCUT2D eigenvalue weighted by atomic mass is 19.1. The van der Waals surface area contributed by atoms with Crippen molar-refractivity contribution in [2.75, 3.05) is 6.54 Å². The first kappa shape index (κ1) is 18.8. The molecule has 3 aromatic rings. The number of hydrogen-bond donors (Lipinski definition) is 1. The van der Waals surface area contributed by atoms with Gasteiger partial charge >= 0.3 is 0 Å². The number of amides is 1. The van der Waals surface area contributed by atoms with E-state index in [1.165, 1.54) is 27.6 Å². The molecule has 0 saturated heterocycles. The van der Waals surface area contributed by atoms with Gasteiger partial charge < -0.3 is 5.32 Å². The Labute approximate surface area is 155 Å². The van der Waals surface area contributed by atoms with Crippen LogP contribution in [0.3, 0.4) is 0 Å². The molecular weight excluding hydrogens is 349 g/mol. The van der Waals surface area contributed by atoms with Crippen LogP contribution in [0.4, 0.5) is 4.39 Å². The lowest BCUT2D eigenvalue weighted by Crippen LogP contribution is -2.31. The highest BCUT2D eigenvalue weighted by Crippen LogP contribution is 2.15. The Morgan fingerprint density at radius 3 is 2.63 bits per heavy atom. The first-order chi connectivity index (χ1) is 12.9. The molecule has 1 amide bonds. The van der Waals surface area contributed by atoms with Gasteiger partial charge in [0.2, 0.25) is 5.91 Å². The highest BCUT2D eigenvalue weighted by molar-refractivity contribution is 5.76. The summed E-state index contributed by atoms with van der Waals surface area (Å²) in [6.07, 6.45) is 1.65. The molecule has 0 spiro atoms. The van der Waals surface area contributed by atoms with Gasteiger partial charge in [-0.3, -0.25) is 14.2 Å². The minimum atomic E-state index is -0.350. The SMILES string of the molecule is Cc1nc2c(cnn2-c2ccc(F)cc2)c(=O)n1CCC(=O)NCC(C)C. The number of nitrogens with zero attached hydrogens (tertiary/aromatic N) is 4. The van der Waals surface area contributed by atoms with Crippen molar-refractivity contribution in [3.8, 4) is 5.69 Å². The van der Waals surface area contributed by atoms with E-state index < -0.39 is 0 Å². The average molecular weight is 371 g/mol. The molecular formula is C19H22FN5O2. The summed E-state index contributed by atoms with van der Waals surface area (Å²) in [5, 5.41) is 7.41. The third-order valence-corrected chi connectivity index (χ3v) is 4.22. The van der Waals surface area contributed by atoms with E-state index in [0.29, 0.717) is 35.0 Å². The van der Waals surface area contributed by atoms with Gasteiger partial charge in [0.05, 0.1) is 11.9 Å². The molecule has 0 aliphatic carbocycles. The molecule has 0 unspecified atom stereocenters. The fourth-order valence-corrected chi connectivity index (χ4v) is 2.76. The molecule has 0 atom stereocenters. The van der Waals surface area contributed by atoms with E-state index in [1.54, 1.807) is 19.1 Å². The van der Waals surface area contributed by atoms with E-state index in [-0.39, 0.29) is 30.2 Å². The molecule has 0 aliphatic heterocycles. The second kappa shape index (κ2) is 7.69. The van der Waals surface area contributed by atoms with Gasteiger partial charge in [-0.15, -0.1) is 0 Å². The Morgan fingerprint density at radius 2 is 1.96 bits per heavy atom. The summed E-state index contributed by atoms with van der Waals surface area (Å²) < 4.78 is 16.1. The van der Waals surface area contributed by atoms with Crippen molar-refractivity contribution in [1.82, 2.24) is 24.6 Å². The molecule has 2 heterocycles. The average Bonchev–Trinajstić information content (AvgIpc) is 3.04. The normalized spacial score (nSPS) is 11.3. The van der Waals surface area contributed by atoms with Gasteiger partial charge in [-0.1, -0.05) is 13.8 Å². The number of halogens is 1. The molecule has 0 saturated carbocycles. The monoisotopic (exact) mass is 371 g/mol. The molecule has 1 aromatic carbocycles. The molecule has 8 heteroatoms. The van der Waals surface area contributed by atoms with Crippen LogP contribution in [-0.4, -0.2) is 31.8 Å². The number of aromatic nitrogens is 4. The Morgan fingerprint density at radius 1 is 1.26 bits per heavy atom. The smallest absolute Gasteiger partial charge is 0.264 e. The van der Waals surface area contributed by atoms with Crippen molar-refractivity contribution in [1.29, 1.82) is 0 Å². The zero-order chi connectivity index (χ0) is 19.6. The van der Waals surface area contributed by atoms with Crippen LogP contribution in [0.2, 0.25) is 0 Å². The van der Waals surface area contributed by atoms with Gasteiger partial charge in [0.1, 0.15) is 17.0 Å². The van der Waals surface area contributed by atoms with E-state index in [2.05, 4.69) is 15.4 Å². The van der Waals surface area contributed by atoms with Crippen LogP contribution >= 0.6 is 0 Å². The van der Waals surface area contributed by atoms with Crippen molar-refractivity contribution in [2.45, 2.75) is 33.7 Å². The predicted octanol–water partition coefficient (Wildman–Crippen LogP) is 2.19. The van der Waals surface area contributed by atoms with Gasteiger partial charge in [0.15, 0.2) is 5.65 Å². The number of carbonyl (C=O) groups is 1. The fourth-order valence-electron chi connectivity index (χ4n) is 2.76.